The first-order valence-corrected chi connectivity index (χ1v) is 16.8. The Hall–Kier alpha value is -1.79. The summed E-state index contributed by atoms with van der Waals surface area (Å²) in [5, 5.41) is 45.0. The summed E-state index contributed by atoms with van der Waals surface area (Å²) in [7, 11) is 0. The predicted molar refractivity (Wildman–Crippen MR) is 164 cm³/mol. The molecule has 0 saturated carbocycles. The summed E-state index contributed by atoms with van der Waals surface area (Å²) in [6.07, 6.45) is 11.8. The number of nitrogens with one attached hydrogen (secondary N) is 2. The number of aliphatic hydroxyl groups is 3. The monoisotopic (exact) mass is 616 g/mol. The van der Waals surface area contributed by atoms with Crippen LogP contribution in [0.15, 0.2) is 0 Å². The second kappa shape index (κ2) is 24.5. The normalized spacial score (nSPS) is 22.7. The van der Waals surface area contributed by atoms with Gasteiger partial charge >= 0.3 is 5.97 Å². The lowest BCUT2D eigenvalue weighted by Crippen LogP contribution is -2.61. The Morgan fingerprint density at radius 3 is 1.70 bits per heavy atom. The second-order valence-corrected chi connectivity index (χ2v) is 11.9. The molecule has 0 aliphatic carbocycles. The van der Waals surface area contributed by atoms with Gasteiger partial charge in [-0.2, -0.15) is 0 Å². The summed E-state index contributed by atoms with van der Waals surface area (Å²) in [5.74, 6) is -2.30. The highest BCUT2D eigenvalue weighted by Gasteiger charge is 2.47. The van der Waals surface area contributed by atoms with E-state index in [0.717, 1.165) is 38.5 Å². The molecule has 11 nitrogen and oxygen atoms in total. The molecule has 252 valence electrons. The fraction of sp³-hybridized carbons (Fsp3) is 0.906. The van der Waals surface area contributed by atoms with Crippen molar-refractivity contribution < 1.29 is 44.3 Å². The van der Waals surface area contributed by atoms with Gasteiger partial charge in [-0.05, 0) is 12.8 Å². The van der Waals surface area contributed by atoms with E-state index in [9.17, 15) is 34.8 Å². The van der Waals surface area contributed by atoms with E-state index in [0.29, 0.717) is 13.0 Å². The zero-order chi connectivity index (χ0) is 31.9. The van der Waals surface area contributed by atoms with Gasteiger partial charge in [-0.1, -0.05) is 117 Å². The maximum Gasteiger partial charge on any atom is 0.335 e. The SMILES string of the molecule is CCCCCCCCCCCNC(=O)[C@H](CO[C@H]1O[C@H](C(=O)O)[C@H](O)[C@H](O)[C@H]1O)NC(=O)CCCCCCCCCCC. The summed E-state index contributed by atoms with van der Waals surface area (Å²) < 4.78 is 10.6. The highest BCUT2D eigenvalue weighted by atomic mass is 16.7. The molecule has 0 unspecified atom stereocenters. The maximum absolute atomic E-state index is 13.0. The second-order valence-electron chi connectivity index (χ2n) is 11.9. The predicted octanol–water partition coefficient (Wildman–Crippen LogP) is 3.95. The van der Waals surface area contributed by atoms with Gasteiger partial charge in [0.15, 0.2) is 12.4 Å². The topological polar surface area (TPSA) is 175 Å². The lowest BCUT2D eigenvalue weighted by Gasteiger charge is -2.38. The quantitative estimate of drug-likeness (QED) is 0.0786. The third-order valence-corrected chi connectivity index (χ3v) is 7.98. The molecule has 43 heavy (non-hydrogen) atoms. The largest absolute Gasteiger partial charge is 0.479 e. The summed E-state index contributed by atoms with van der Waals surface area (Å²) >= 11 is 0. The van der Waals surface area contributed by atoms with Gasteiger partial charge in [0.05, 0.1) is 6.61 Å². The zero-order valence-corrected chi connectivity index (χ0v) is 26.6. The van der Waals surface area contributed by atoms with Gasteiger partial charge in [0.25, 0.3) is 0 Å². The molecule has 2 amide bonds. The summed E-state index contributed by atoms with van der Waals surface area (Å²) in [4.78, 5) is 37.1. The highest BCUT2D eigenvalue weighted by molar-refractivity contribution is 5.87. The molecule has 1 heterocycles. The van der Waals surface area contributed by atoms with E-state index in [1.807, 2.05) is 0 Å². The van der Waals surface area contributed by atoms with Crippen molar-refractivity contribution in [1.82, 2.24) is 10.6 Å². The number of aliphatic carboxylic acids is 1. The number of carboxylic acid groups (broad SMARTS) is 1. The van der Waals surface area contributed by atoms with Gasteiger partial charge < -0.3 is 40.5 Å². The van der Waals surface area contributed by atoms with Crippen molar-refractivity contribution in [3.8, 4) is 0 Å². The molecule has 0 aromatic carbocycles. The number of hydrogen-bond donors (Lipinski definition) is 6. The molecule has 11 heteroatoms. The summed E-state index contributed by atoms with van der Waals surface area (Å²) in [5.41, 5.74) is 0. The van der Waals surface area contributed by atoms with E-state index >= 15 is 0 Å². The number of unbranched alkanes of at least 4 members (excludes halogenated alkanes) is 16. The highest BCUT2D eigenvalue weighted by Crippen LogP contribution is 2.22. The van der Waals surface area contributed by atoms with Gasteiger partial charge in [-0.15, -0.1) is 0 Å². The molecule has 1 rings (SSSR count). The van der Waals surface area contributed by atoms with Crippen molar-refractivity contribution in [2.45, 2.75) is 173 Å². The van der Waals surface area contributed by atoms with Crippen molar-refractivity contribution in [3.05, 3.63) is 0 Å². The number of amides is 2. The van der Waals surface area contributed by atoms with Crippen LogP contribution in [-0.4, -0.2) is 88.1 Å². The minimum atomic E-state index is -1.85. The van der Waals surface area contributed by atoms with Crippen LogP contribution in [-0.2, 0) is 23.9 Å². The molecule has 0 aromatic heterocycles. The first-order valence-electron chi connectivity index (χ1n) is 16.8. The molecule has 6 N–H and O–H groups in total. The standard InChI is InChI=1S/C32H60N2O9/c1-3-5-7-9-11-13-15-17-19-21-25(35)34-24(30(39)33-22-20-18-16-14-12-10-8-6-4-2)23-42-32-28(38)26(36)27(37)29(43-32)31(40)41/h24,26-29,32,36-38H,3-23H2,1-2H3,(H,33,39)(H,34,35)(H,40,41)/t24-,26-,27+,28+,29-,32-/m0/s1. The number of carbonyl (C=O) groups excluding carboxylic acids is 2. The van der Waals surface area contributed by atoms with Crippen LogP contribution in [0.25, 0.3) is 0 Å². The van der Waals surface area contributed by atoms with Gasteiger partial charge in [-0.3, -0.25) is 9.59 Å². The molecule has 0 radical (unpaired) electrons. The van der Waals surface area contributed by atoms with E-state index in [4.69, 9.17) is 9.47 Å². The molecule has 1 aliphatic heterocycles. The Labute approximate surface area is 258 Å². The minimum Gasteiger partial charge on any atom is -0.479 e. The minimum absolute atomic E-state index is 0.256. The van der Waals surface area contributed by atoms with Crippen LogP contribution in [0.5, 0.6) is 0 Å². The van der Waals surface area contributed by atoms with Crippen molar-refractivity contribution in [3.63, 3.8) is 0 Å². The molecule has 0 bridgehead atoms. The van der Waals surface area contributed by atoms with Crippen LogP contribution >= 0.6 is 0 Å². The molecule has 0 aromatic rings. The van der Waals surface area contributed by atoms with Crippen LogP contribution in [0.4, 0.5) is 0 Å². The van der Waals surface area contributed by atoms with Crippen molar-refractivity contribution in [2.24, 2.45) is 0 Å². The molecular formula is C32H60N2O9. The number of aliphatic hydroxyl groups excluding tert-OH is 3. The van der Waals surface area contributed by atoms with Crippen molar-refractivity contribution >= 4 is 17.8 Å². The average Bonchev–Trinajstić information content (AvgIpc) is 2.98. The maximum atomic E-state index is 13.0. The Morgan fingerprint density at radius 2 is 1.19 bits per heavy atom. The van der Waals surface area contributed by atoms with Crippen LogP contribution in [0.2, 0.25) is 0 Å². The Morgan fingerprint density at radius 1 is 0.698 bits per heavy atom. The first-order chi connectivity index (χ1) is 20.7. The van der Waals surface area contributed by atoms with Gasteiger partial charge in [-0.25, -0.2) is 4.79 Å². The first kappa shape index (κ1) is 39.2. The fourth-order valence-electron chi connectivity index (χ4n) is 5.20. The van der Waals surface area contributed by atoms with Crippen molar-refractivity contribution in [1.29, 1.82) is 0 Å². The van der Waals surface area contributed by atoms with Gasteiger partial charge in [0, 0.05) is 13.0 Å². The van der Waals surface area contributed by atoms with Gasteiger partial charge in [0.1, 0.15) is 24.4 Å². The molecule has 1 saturated heterocycles. The third-order valence-electron chi connectivity index (χ3n) is 7.98. The van der Waals surface area contributed by atoms with Crippen LogP contribution in [0, 0.1) is 0 Å². The van der Waals surface area contributed by atoms with Crippen LogP contribution < -0.4 is 10.6 Å². The average molecular weight is 617 g/mol. The van der Waals surface area contributed by atoms with E-state index < -0.39 is 55.2 Å². The molecular weight excluding hydrogens is 556 g/mol. The Kier molecular flexibility index (Phi) is 22.4. The molecule has 1 aliphatic rings. The number of hydrogen-bond acceptors (Lipinski definition) is 8. The molecule has 0 spiro atoms. The van der Waals surface area contributed by atoms with E-state index in [-0.39, 0.29) is 12.3 Å². The number of carboxylic acids is 1. The number of ether oxygens (including phenoxy) is 2. The smallest absolute Gasteiger partial charge is 0.335 e. The molecule has 6 atom stereocenters. The Balaban J connectivity index is 2.55. The summed E-state index contributed by atoms with van der Waals surface area (Å²) in [6.45, 7) is 4.42. The zero-order valence-electron chi connectivity index (χ0n) is 26.6. The fourth-order valence-corrected chi connectivity index (χ4v) is 5.20. The van der Waals surface area contributed by atoms with Crippen molar-refractivity contribution in [2.75, 3.05) is 13.2 Å². The molecule has 1 fully saturated rings. The van der Waals surface area contributed by atoms with E-state index in [1.54, 1.807) is 0 Å². The lowest BCUT2D eigenvalue weighted by molar-refractivity contribution is -0.294. The Bertz CT molecular complexity index is 754. The van der Waals surface area contributed by atoms with Crippen LogP contribution in [0.3, 0.4) is 0 Å². The number of rotatable bonds is 26. The van der Waals surface area contributed by atoms with Gasteiger partial charge in [0.2, 0.25) is 11.8 Å². The lowest BCUT2D eigenvalue weighted by atomic mass is 9.99. The van der Waals surface area contributed by atoms with Crippen LogP contribution in [0.1, 0.15) is 136 Å². The van der Waals surface area contributed by atoms with E-state index in [1.165, 1.54) is 70.6 Å². The summed E-state index contributed by atoms with van der Waals surface area (Å²) in [6, 6.07) is -1.10. The number of carbonyl (C=O) groups is 3. The third kappa shape index (κ3) is 17.3. The van der Waals surface area contributed by atoms with E-state index in [2.05, 4.69) is 24.5 Å².